The molecule has 1 aliphatic carbocycles. The predicted molar refractivity (Wildman–Crippen MR) is 80.3 cm³/mol. The molecule has 0 amide bonds. The number of halogens is 2. The number of benzene rings is 2. The maximum Gasteiger partial charge on any atom is 0.0519 e. The van der Waals surface area contributed by atoms with Crippen molar-refractivity contribution in [3.05, 3.63) is 63.1 Å². The number of fused-ring (bicyclic) bond motifs is 1. The van der Waals surface area contributed by atoms with Crippen molar-refractivity contribution < 1.29 is 0 Å². The number of hydrogen-bond donors (Lipinski definition) is 1. The summed E-state index contributed by atoms with van der Waals surface area (Å²) in [6, 6.07) is 14.8. The molecule has 0 heterocycles. The summed E-state index contributed by atoms with van der Waals surface area (Å²) in [5.41, 5.74) is 3.98. The number of nitrogens with one attached hydrogen (secondary N) is 1. The van der Waals surface area contributed by atoms with Gasteiger partial charge >= 0.3 is 0 Å². The molecule has 2 aromatic rings. The SMILES string of the molecule is Clc1ccc(NC2CCc3cc(Br)ccc32)cc1. The Morgan fingerprint density at radius 3 is 2.67 bits per heavy atom. The first-order chi connectivity index (χ1) is 8.72. The van der Waals surface area contributed by atoms with E-state index in [4.69, 9.17) is 11.6 Å². The third-order valence-electron chi connectivity index (χ3n) is 3.37. The number of aryl methyl sites for hydroxylation is 1. The first-order valence-electron chi connectivity index (χ1n) is 6.03. The quantitative estimate of drug-likeness (QED) is 0.801. The molecule has 0 fully saturated rings. The van der Waals surface area contributed by atoms with Gasteiger partial charge in [-0.05, 0) is 60.4 Å². The molecule has 92 valence electrons. The van der Waals surface area contributed by atoms with Crippen LogP contribution in [-0.4, -0.2) is 0 Å². The van der Waals surface area contributed by atoms with Crippen LogP contribution in [0.3, 0.4) is 0 Å². The summed E-state index contributed by atoms with van der Waals surface area (Å²) in [5, 5.41) is 4.34. The van der Waals surface area contributed by atoms with Gasteiger partial charge in [-0.2, -0.15) is 0 Å². The maximum atomic E-state index is 5.89. The summed E-state index contributed by atoms with van der Waals surface area (Å²) >= 11 is 9.42. The smallest absolute Gasteiger partial charge is 0.0519 e. The first kappa shape index (κ1) is 12.1. The van der Waals surface area contributed by atoms with Gasteiger partial charge in [0, 0.05) is 15.2 Å². The van der Waals surface area contributed by atoms with Gasteiger partial charge in [-0.25, -0.2) is 0 Å². The lowest BCUT2D eigenvalue weighted by Gasteiger charge is -2.15. The molecule has 1 unspecified atom stereocenters. The van der Waals surface area contributed by atoms with Crippen LogP contribution < -0.4 is 5.32 Å². The minimum Gasteiger partial charge on any atom is -0.378 e. The van der Waals surface area contributed by atoms with Gasteiger partial charge in [0.25, 0.3) is 0 Å². The topological polar surface area (TPSA) is 12.0 Å². The lowest BCUT2D eigenvalue weighted by molar-refractivity contribution is 0.762. The summed E-state index contributed by atoms with van der Waals surface area (Å²) in [6.45, 7) is 0. The van der Waals surface area contributed by atoms with Gasteiger partial charge in [0.05, 0.1) is 6.04 Å². The van der Waals surface area contributed by atoms with Gasteiger partial charge in [-0.1, -0.05) is 33.6 Å². The molecule has 3 heteroatoms. The lowest BCUT2D eigenvalue weighted by atomic mass is 10.1. The van der Waals surface area contributed by atoms with Crippen molar-refractivity contribution in [3.8, 4) is 0 Å². The molecule has 1 nitrogen and oxygen atoms in total. The van der Waals surface area contributed by atoms with Gasteiger partial charge in [0.2, 0.25) is 0 Å². The van der Waals surface area contributed by atoms with E-state index in [1.54, 1.807) is 0 Å². The van der Waals surface area contributed by atoms with Gasteiger partial charge < -0.3 is 5.32 Å². The van der Waals surface area contributed by atoms with E-state index in [0.29, 0.717) is 6.04 Å². The fourth-order valence-electron chi connectivity index (χ4n) is 2.48. The van der Waals surface area contributed by atoms with Crippen molar-refractivity contribution in [1.82, 2.24) is 0 Å². The minimum atomic E-state index is 0.411. The second-order valence-corrected chi connectivity index (χ2v) is 5.94. The standard InChI is InChI=1S/C15H13BrClN/c16-11-2-7-14-10(9-11)1-8-15(14)18-13-5-3-12(17)4-6-13/h2-7,9,15,18H,1,8H2. The van der Waals surface area contributed by atoms with Crippen molar-refractivity contribution in [2.75, 3.05) is 5.32 Å². The van der Waals surface area contributed by atoms with Crippen LogP contribution in [0.2, 0.25) is 5.02 Å². The van der Waals surface area contributed by atoms with E-state index in [9.17, 15) is 0 Å². The Balaban J connectivity index is 1.82. The lowest BCUT2D eigenvalue weighted by Crippen LogP contribution is -2.06. The van der Waals surface area contributed by atoms with Crippen LogP contribution in [0.1, 0.15) is 23.6 Å². The van der Waals surface area contributed by atoms with Crippen LogP contribution in [0.15, 0.2) is 46.9 Å². The zero-order valence-corrected chi connectivity index (χ0v) is 12.1. The van der Waals surface area contributed by atoms with Crippen LogP contribution in [0, 0.1) is 0 Å². The Morgan fingerprint density at radius 2 is 1.89 bits per heavy atom. The Labute approximate surface area is 120 Å². The minimum absolute atomic E-state index is 0.411. The highest BCUT2D eigenvalue weighted by Crippen LogP contribution is 2.35. The first-order valence-corrected chi connectivity index (χ1v) is 7.20. The number of anilines is 1. The molecule has 0 saturated heterocycles. The average molecular weight is 323 g/mol. The zero-order valence-electron chi connectivity index (χ0n) is 9.79. The van der Waals surface area contributed by atoms with Crippen molar-refractivity contribution >= 4 is 33.2 Å². The number of rotatable bonds is 2. The summed E-state index contributed by atoms with van der Waals surface area (Å²) < 4.78 is 1.16. The second kappa shape index (κ2) is 4.94. The monoisotopic (exact) mass is 321 g/mol. The van der Waals surface area contributed by atoms with E-state index in [1.807, 2.05) is 24.3 Å². The van der Waals surface area contributed by atoms with E-state index < -0.39 is 0 Å². The van der Waals surface area contributed by atoms with Crippen LogP contribution in [-0.2, 0) is 6.42 Å². The highest BCUT2D eigenvalue weighted by atomic mass is 79.9. The molecule has 18 heavy (non-hydrogen) atoms. The van der Waals surface area contributed by atoms with E-state index in [-0.39, 0.29) is 0 Å². The van der Waals surface area contributed by atoms with Gasteiger partial charge in [-0.15, -0.1) is 0 Å². The predicted octanol–water partition coefficient (Wildman–Crippen LogP) is 5.20. The number of hydrogen-bond acceptors (Lipinski definition) is 1. The molecule has 0 aromatic heterocycles. The van der Waals surface area contributed by atoms with Crippen molar-refractivity contribution in [3.63, 3.8) is 0 Å². The van der Waals surface area contributed by atoms with E-state index in [1.165, 1.54) is 11.1 Å². The van der Waals surface area contributed by atoms with E-state index in [2.05, 4.69) is 39.4 Å². The fourth-order valence-corrected chi connectivity index (χ4v) is 3.02. The summed E-state index contributed by atoms with van der Waals surface area (Å²) in [4.78, 5) is 0. The second-order valence-electron chi connectivity index (χ2n) is 4.59. The third-order valence-corrected chi connectivity index (χ3v) is 4.11. The molecule has 0 radical (unpaired) electrons. The Morgan fingerprint density at radius 1 is 1.11 bits per heavy atom. The summed E-state index contributed by atoms with van der Waals surface area (Å²) in [5.74, 6) is 0. The third kappa shape index (κ3) is 2.40. The largest absolute Gasteiger partial charge is 0.378 e. The Bertz CT molecular complexity index is 565. The van der Waals surface area contributed by atoms with E-state index >= 15 is 0 Å². The van der Waals surface area contributed by atoms with Crippen LogP contribution in [0.5, 0.6) is 0 Å². The average Bonchev–Trinajstić information content (AvgIpc) is 2.74. The van der Waals surface area contributed by atoms with Crippen LogP contribution in [0.4, 0.5) is 5.69 Å². The molecule has 0 spiro atoms. The fraction of sp³-hybridized carbons (Fsp3) is 0.200. The molecular formula is C15H13BrClN. The van der Waals surface area contributed by atoms with Gasteiger partial charge in [-0.3, -0.25) is 0 Å². The molecule has 1 N–H and O–H groups in total. The van der Waals surface area contributed by atoms with E-state index in [0.717, 1.165) is 28.0 Å². The normalized spacial score (nSPS) is 17.6. The highest BCUT2D eigenvalue weighted by molar-refractivity contribution is 9.10. The zero-order chi connectivity index (χ0) is 12.5. The molecule has 0 bridgehead atoms. The molecule has 1 aliphatic rings. The Kier molecular flexibility index (Phi) is 3.31. The summed E-state index contributed by atoms with van der Waals surface area (Å²) in [7, 11) is 0. The molecule has 0 saturated carbocycles. The maximum absolute atomic E-state index is 5.89. The van der Waals surface area contributed by atoms with Crippen LogP contribution >= 0.6 is 27.5 Å². The van der Waals surface area contributed by atoms with Gasteiger partial charge in [0.15, 0.2) is 0 Å². The Hall–Kier alpha value is -0.990. The molecule has 1 atom stereocenters. The highest BCUT2D eigenvalue weighted by Gasteiger charge is 2.22. The van der Waals surface area contributed by atoms with Crippen molar-refractivity contribution in [1.29, 1.82) is 0 Å². The molecule has 3 rings (SSSR count). The molecule has 2 aromatic carbocycles. The summed E-state index contributed by atoms with van der Waals surface area (Å²) in [6.07, 6.45) is 2.29. The molecule has 0 aliphatic heterocycles. The van der Waals surface area contributed by atoms with Crippen molar-refractivity contribution in [2.24, 2.45) is 0 Å². The van der Waals surface area contributed by atoms with Gasteiger partial charge in [0.1, 0.15) is 0 Å². The molecular weight excluding hydrogens is 310 g/mol. The van der Waals surface area contributed by atoms with Crippen LogP contribution in [0.25, 0.3) is 0 Å². The van der Waals surface area contributed by atoms with Crippen molar-refractivity contribution in [2.45, 2.75) is 18.9 Å².